The van der Waals surface area contributed by atoms with Crippen LogP contribution in [0.5, 0.6) is 5.75 Å². The Morgan fingerprint density at radius 3 is 2.37 bits per heavy atom. The van der Waals surface area contributed by atoms with Gasteiger partial charge in [0.1, 0.15) is 23.9 Å². The van der Waals surface area contributed by atoms with Gasteiger partial charge < -0.3 is 19.8 Å². The second kappa shape index (κ2) is 11.5. The van der Waals surface area contributed by atoms with E-state index in [1.165, 1.54) is 0 Å². The molecule has 4 aromatic rings. The Labute approximate surface area is 203 Å². The topological polar surface area (TPSA) is 92.9 Å². The molecule has 4 rings (SSSR count). The van der Waals surface area contributed by atoms with E-state index in [9.17, 15) is 9.59 Å². The maximum Gasteiger partial charge on any atom is 0.313 e. The van der Waals surface area contributed by atoms with Crippen molar-refractivity contribution in [2.75, 3.05) is 5.32 Å². The number of carbonyl (C=O) groups is 2. The normalized spacial score (nSPS) is 10.8. The Morgan fingerprint density at radius 1 is 0.886 bits per heavy atom. The van der Waals surface area contributed by atoms with Crippen LogP contribution in [0.1, 0.15) is 22.6 Å². The number of furan rings is 1. The third kappa shape index (κ3) is 7.17. The number of aliphatic imine (C=N–C) groups is 1. The Morgan fingerprint density at radius 2 is 1.63 bits per heavy atom. The molecule has 0 atom stereocenters. The summed E-state index contributed by atoms with van der Waals surface area (Å²) in [6.45, 7) is 2.53. The highest BCUT2D eigenvalue weighted by atomic mass is 16.5. The molecule has 0 unspecified atom stereocenters. The number of benzene rings is 3. The van der Waals surface area contributed by atoms with E-state index >= 15 is 0 Å². The smallest absolute Gasteiger partial charge is 0.313 e. The lowest BCUT2D eigenvalue weighted by Crippen LogP contribution is -2.34. The van der Waals surface area contributed by atoms with E-state index in [4.69, 9.17) is 9.15 Å². The first-order chi connectivity index (χ1) is 17.0. The van der Waals surface area contributed by atoms with Crippen LogP contribution in [-0.4, -0.2) is 18.0 Å². The number of carbonyl (C=O) groups excluding carboxylic acids is 2. The second-order valence-corrected chi connectivity index (χ2v) is 7.83. The van der Waals surface area contributed by atoms with Crippen molar-refractivity contribution in [2.45, 2.75) is 20.1 Å². The molecule has 1 heterocycles. The van der Waals surface area contributed by atoms with Crippen LogP contribution in [0.15, 0.2) is 100 Å². The number of rotatable bonds is 8. The number of nitrogens with zero attached hydrogens (tertiary/aromatic N) is 1. The molecule has 0 aliphatic rings. The van der Waals surface area contributed by atoms with E-state index in [1.807, 2.05) is 73.7 Å². The molecule has 2 amide bonds. The molecule has 0 spiro atoms. The van der Waals surface area contributed by atoms with Gasteiger partial charge in [0.25, 0.3) is 0 Å². The molecule has 0 aliphatic heterocycles. The van der Waals surface area contributed by atoms with Gasteiger partial charge in [-0.25, -0.2) is 0 Å². The maximum atomic E-state index is 12.1. The van der Waals surface area contributed by atoms with Crippen LogP contribution in [0.25, 0.3) is 0 Å². The number of anilines is 1. The van der Waals surface area contributed by atoms with Gasteiger partial charge in [-0.05, 0) is 61.0 Å². The van der Waals surface area contributed by atoms with Crippen LogP contribution in [0.4, 0.5) is 11.4 Å². The predicted octanol–water partition coefficient (Wildman–Crippen LogP) is 5.17. The zero-order chi connectivity index (χ0) is 24.5. The van der Waals surface area contributed by atoms with Crippen molar-refractivity contribution in [3.63, 3.8) is 0 Å². The highest BCUT2D eigenvalue weighted by molar-refractivity contribution is 6.39. The van der Waals surface area contributed by atoms with Gasteiger partial charge in [0.15, 0.2) is 0 Å². The van der Waals surface area contributed by atoms with Crippen molar-refractivity contribution in [1.29, 1.82) is 0 Å². The Hall–Kier alpha value is -4.65. The van der Waals surface area contributed by atoms with E-state index in [0.29, 0.717) is 23.8 Å². The van der Waals surface area contributed by atoms with E-state index < -0.39 is 11.8 Å². The van der Waals surface area contributed by atoms with Crippen molar-refractivity contribution < 1.29 is 18.7 Å². The summed E-state index contributed by atoms with van der Waals surface area (Å²) >= 11 is 0. The number of hydrogen-bond acceptors (Lipinski definition) is 5. The molecule has 35 heavy (non-hydrogen) atoms. The number of amides is 2. The molecule has 2 N–H and O–H groups in total. The minimum absolute atomic E-state index is 0.0848. The van der Waals surface area contributed by atoms with Gasteiger partial charge in [-0.2, -0.15) is 0 Å². The summed E-state index contributed by atoms with van der Waals surface area (Å²) < 4.78 is 11.4. The van der Waals surface area contributed by atoms with Gasteiger partial charge >= 0.3 is 11.8 Å². The van der Waals surface area contributed by atoms with Crippen molar-refractivity contribution in [3.05, 3.63) is 114 Å². The molecule has 176 valence electrons. The summed E-state index contributed by atoms with van der Waals surface area (Å²) in [5.41, 5.74) is 3.47. The van der Waals surface area contributed by atoms with Crippen LogP contribution in [-0.2, 0) is 22.7 Å². The van der Waals surface area contributed by atoms with E-state index in [2.05, 4.69) is 15.6 Å². The third-order valence-electron chi connectivity index (χ3n) is 5.05. The second-order valence-electron chi connectivity index (χ2n) is 7.83. The van der Waals surface area contributed by atoms with Crippen LogP contribution in [0.2, 0.25) is 0 Å². The molecule has 0 radical (unpaired) electrons. The van der Waals surface area contributed by atoms with Crippen LogP contribution in [0.3, 0.4) is 0 Å². The highest BCUT2D eigenvalue weighted by Crippen LogP contribution is 2.19. The average Bonchev–Trinajstić information content (AvgIpc) is 3.35. The summed E-state index contributed by atoms with van der Waals surface area (Å²) in [5.74, 6) is 0.316. The number of aryl methyl sites for hydroxylation is 1. The fraction of sp³-hybridized carbons (Fsp3) is 0.107. The molecule has 0 saturated heterocycles. The molecule has 0 aliphatic carbocycles. The van der Waals surface area contributed by atoms with Gasteiger partial charge in [-0.3, -0.25) is 14.6 Å². The SMILES string of the molecule is Cc1ccc(NC(=O)C(=O)NCc2ccc(C=Nc3ccc(OCc4ccccc4)cc3)o2)cc1. The van der Waals surface area contributed by atoms with E-state index in [1.54, 1.807) is 30.5 Å². The van der Waals surface area contributed by atoms with Gasteiger partial charge in [0.2, 0.25) is 0 Å². The molecule has 1 aromatic heterocycles. The largest absolute Gasteiger partial charge is 0.489 e. The minimum Gasteiger partial charge on any atom is -0.489 e. The molecular formula is C28H25N3O4. The summed E-state index contributed by atoms with van der Waals surface area (Å²) in [4.78, 5) is 28.5. The van der Waals surface area contributed by atoms with Gasteiger partial charge in [-0.1, -0.05) is 48.0 Å². The zero-order valence-electron chi connectivity index (χ0n) is 19.2. The highest BCUT2D eigenvalue weighted by Gasteiger charge is 2.14. The van der Waals surface area contributed by atoms with Crippen molar-refractivity contribution in [1.82, 2.24) is 5.32 Å². The molecule has 0 saturated carbocycles. The fourth-order valence-electron chi connectivity index (χ4n) is 3.14. The van der Waals surface area contributed by atoms with Crippen molar-refractivity contribution in [3.8, 4) is 5.75 Å². The molecule has 0 fully saturated rings. The lowest BCUT2D eigenvalue weighted by molar-refractivity contribution is -0.136. The summed E-state index contributed by atoms with van der Waals surface area (Å²) in [5, 5.41) is 5.10. The molecule has 3 aromatic carbocycles. The summed E-state index contributed by atoms with van der Waals surface area (Å²) in [6.07, 6.45) is 1.59. The Kier molecular flexibility index (Phi) is 7.70. The number of nitrogens with one attached hydrogen (secondary N) is 2. The van der Waals surface area contributed by atoms with Gasteiger partial charge in [0.05, 0.1) is 18.4 Å². The van der Waals surface area contributed by atoms with Crippen molar-refractivity contribution in [2.24, 2.45) is 4.99 Å². The van der Waals surface area contributed by atoms with Gasteiger partial charge in [-0.15, -0.1) is 0 Å². The maximum absolute atomic E-state index is 12.1. The Bertz CT molecular complexity index is 1290. The molecular weight excluding hydrogens is 442 g/mol. The monoisotopic (exact) mass is 467 g/mol. The van der Waals surface area contributed by atoms with E-state index in [-0.39, 0.29) is 6.54 Å². The quantitative estimate of drug-likeness (QED) is 0.276. The minimum atomic E-state index is -0.744. The Balaban J connectivity index is 1.23. The number of hydrogen-bond donors (Lipinski definition) is 2. The first kappa shape index (κ1) is 23.5. The average molecular weight is 468 g/mol. The fourth-order valence-corrected chi connectivity index (χ4v) is 3.14. The lowest BCUT2D eigenvalue weighted by Gasteiger charge is -2.06. The molecule has 0 bridgehead atoms. The summed E-state index contributed by atoms with van der Waals surface area (Å²) in [6, 6.07) is 28.1. The van der Waals surface area contributed by atoms with Crippen LogP contribution >= 0.6 is 0 Å². The first-order valence-electron chi connectivity index (χ1n) is 11.1. The van der Waals surface area contributed by atoms with Crippen LogP contribution < -0.4 is 15.4 Å². The zero-order valence-corrected chi connectivity index (χ0v) is 19.2. The van der Waals surface area contributed by atoms with Crippen LogP contribution in [0, 0.1) is 6.92 Å². The predicted molar refractivity (Wildman–Crippen MR) is 135 cm³/mol. The van der Waals surface area contributed by atoms with E-state index in [0.717, 1.165) is 22.6 Å². The number of ether oxygens (including phenoxy) is 1. The van der Waals surface area contributed by atoms with Gasteiger partial charge in [0, 0.05) is 5.69 Å². The molecule has 7 heteroatoms. The van der Waals surface area contributed by atoms with Crippen molar-refractivity contribution >= 4 is 29.4 Å². The standard InChI is InChI=1S/C28H25N3O4/c1-20-7-9-23(10-8-20)31-28(33)27(32)30-18-26-16-15-25(35-26)17-29-22-11-13-24(14-12-22)34-19-21-5-3-2-4-6-21/h2-17H,18-19H2,1H3,(H,30,32)(H,31,33). The molecule has 7 nitrogen and oxygen atoms in total. The first-order valence-corrected chi connectivity index (χ1v) is 11.1. The summed E-state index contributed by atoms with van der Waals surface area (Å²) in [7, 11) is 0. The lowest BCUT2D eigenvalue weighted by atomic mass is 10.2. The third-order valence-corrected chi connectivity index (χ3v) is 5.05.